The Morgan fingerprint density at radius 3 is 2.47 bits per heavy atom. The van der Waals surface area contributed by atoms with E-state index in [1.165, 1.54) is 6.07 Å². The first-order valence-corrected chi connectivity index (χ1v) is 11.4. The summed E-state index contributed by atoms with van der Waals surface area (Å²) in [6.45, 7) is 9.09. The molecule has 3 N–H and O–H groups in total. The van der Waals surface area contributed by atoms with Crippen molar-refractivity contribution in [1.82, 2.24) is 15.8 Å². The number of fused-ring (bicyclic) bond motifs is 5. The maximum atomic E-state index is 16.2. The number of morpholine rings is 1. The molecule has 13 heteroatoms. The standard InChI is InChI=1S/C23H25FN4O8/c1-9-8-28-14-11(6-12-15(13(14)24)36-27-16(12)35-20(32)33)7-22(17(29)25-19(31)26-18(22)30)23(28,10(2)34-9)21(3,4)5/h6,9-10H,7-8H2,1-5H3,(H,32,33)(H2,25,26,29,30,31)/t9-,10+,23+/m1/s1. The average molecular weight is 504 g/mol. The summed E-state index contributed by atoms with van der Waals surface area (Å²) in [6.07, 6.45) is -3.17. The smallest absolute Gasteiger partial charge is 0.449 e. The summed E-state index contributed by atoms with van der Waals surface area (Å²) in [5, 5.41) is 17.0. The highest BCUT2D eigenvalue weighted by Crippen LogP contribution is 2.61. The molecular weight excluding hydrogens is 479 g/mol. The Morgan fingerprint density at radius 1 is 1.25 bits per heavy atom. The van der Waals surface area contributed by atoms with Gasteiger partial charge in [0.25, 0.3) is 5.88 Å². The lowest BCUT2D eigenvalue weighted by molar-refractivity contribution is -0.180. The largest absolute Gasteiger partial charge is 0.512 e. The third-order valence-corrected chi connectivity index (χ3v) is 7.55. The highest BCUT2D eigenvalue weighted by atomic mass is 19.1. The van der Waals surface area contributed by atoms with E-state index < -0.39 is 64.3 Å². The molecule has 0 aliphatic carbocycles. The quantitative estimate of drug-likeness (QED) is 0.388. The fraction of sp³-hybridized carbons (Fsp3) is 0.522. The monoisotopic (exact) mass is 504 g/mol. The highest BCUT2D eigenvalue weighted by molar-refractivity contribution is 6.21. The van der Waals surface area contributed by atoms with Crippen molar-refractivity contribution in [3.8, 4) is 5.88 Å². The van der Waals surface area contributed by atoms with E-state index in [1.807, 2.05) is 20.8 Å². The number of barbiturate groups is 1. The van der Waals surface area contributed by atoms with E-state index in [4.69, 9.17) is 14.4 Å². The fourth-order valence-electron chi connectivity index (χ4n) is 6.73. The Balaban J connectivity index is 1.89. The number of benzene rings is 1. The van der Waals surface area contributed by atoms with Crippen molar-refractivity contribution in [2.45, 2.75) is 58.8 Å². The molecule has 0 unspecified atom stereocenters. The normalized spacial score (nSPS) is 27.4. The topological polar surface area (TPSA) is 160 Å². The lowest BCUT2D eigenvalue weighted by atomic mass is 9.49. The zero-order valence-corrected chi connectivity index (χ0v) is 20.2. The van der Waals surface area contributed by atoms with Crippen molar-refractivity contribution in [1.29, 1.82) is 0 Å². The molecule has 192 valence electrons. The predicted molar refractivity (Wildman–Crippen MR) is 120 cm³/mol. The van der Waals surface area contributed by atoms with E-state index in [2.05, 4.69) is 20.5 Å². The Hall–Kier alpha value is -3.74. The summed E-state index contributed by atoms with van der Waals surface area (Å²) in [5.41, 5.74) is -4.28. The number of hydrogen-bond donors (Lipinski definition) is 3. The van der Waals surface area contributed by atoms with Gasteiger partial charge in [-0.15, -0.1) is 0 Å². The first kappa shape index (κ1) is 24.0. The van der Waals surface area contributed by atoms with Crippen LogP contribution in [-0.4, -0.2) is 58.6 Å². The number of anilines is 1. The number of carbonyl (C=O) groups excluding carboxylic acids is 3. The highest BCUT2D eigenvalue weighted by Gasteiger charge is 2.75. The number of rotatable bonds is 1. The first-order valence-electron chi connectivity index (χ1n) is 11.4. The minimum absolute atomic E-state index is 0.0749. The van der Waals surface area contributed by atoms with Crippen LogP contribution in [0.5, 0.6) is 5.88 Å². The molecule has 3 aliphatic rings. The minimum atomic E-state index is -1.92. The first-order chi connectivity index (χ1) is 16.8. The molecule has 4 amide bonds. The van der Waals surface area contributed by atoms with Crippen molar-refractivity contribution >= 4 is 40.7 Å². The maximum absolute atomic E-state index is 16.2. The summed E-state index contributed by atoms with van der Waals surface area (Å²) >= 11 is 0. The van der Waals surface area contributed by atoms with E-state index in [9.17, 15) is 19.2 Å². The van der Waals surface area contributed by atoms with Crippen molar-refractivity contribution in [2.24, 2.45) is 10.8 Å². The zero-order valence-electron chi connectivity index (χ0n) is 20.2. The van der Waals surface area contributed by atoms with Crippen LogP contribution < -0.4 is 20.3 Å². The van der Waals surface area contributed by atoms with E-state index in [0.29, 0.717) is 0 Å². The SMILES string of the molecule is C[C@@H]1CN2c3c(cc4c(OC(=O)O)noc4c3F)CC3(C(=O)NC(=O)NC3=O)[C@@]2(C(C)(C)C)[C@H](C)O1. The Morgan fingerprint density at radius 2 is 1.89 bits per heavy atom. The van der Waals surface area contributed by atoms with Crippen molar-refractivity contribution in [3.63, 3.8) is 0 Å². The second-order valence-corrected chi connectivity index (χ2v) is 10.5. The molecule has 2 aromatic rings. The van der Waals surface area contributed by atoms with Crippen LogP contribution >= 0.6 is 0 Å². The van der Waals surface area contributed by atoms with Gasteiger partial charge in [-0.05, 0) is 36.0 Å². The van der Waals surface area contributed by atoms with Gasteiger partial charge in [0, 0.05) is 13.0 Å². The number of nitrogens with one attached hydrogen (secondary N) is 2. The molecule has 4 heterocycles. The molecule has 0 radical (unpaired) electrons. The van der Waals surface area contributed by atoms with Gasteiger partial charge in [0.1, 0.15) is 0 Å². The van der Waals surface area contributed by atoms with Gasteiger partial charge in [0.15, 0.2) is 11.2 Å². The molecular formula is C23H25FN4O8. The number of hydrogen-bond acceptors (Lipinski definition) is 9. The number of nitrogens with zero attached hydrogens (tertiary/aromatic N) is 2. The summed E-state index contributed by atoms with van der Waals surface area (Å²) in [6, 6.07) is 0.450. The number of carboxylic acid groups (broad SMARTS) is 1. The predicted octanol–water partition coefficient (Wildman–Crippen LogP) is 2.33. The van der Waals surface area contributed by atoms with Gasteiger partial charge in [-0.2, -0.15) is 0 Å². The van der Waals surface area contributed by atoms with Crippen LogP contribution in [0.15, 0.2) is 10.6 Å². The van der Waals surface area contributed by atoms with E-state index in [1.54, 1.807) is 18.7 Å². The fourth-order valence-corrected chi connectivity index (χ4v) is 6.73. The lowest BCUT2D eigenvalue weighted by Crippen LogP contribution is -2.85. The van der Waals surface area contributed by atoms with E-state index >= 15 is 4.39 Å². The van der Waals surface area contributed by atoms with Crippen LogP contribution in [0, 0.1) is 16.6 Å². The molecule has 0 saturated carbocycles. The number of aromatic nitrogens is 1. The second-order valence-electron chi connectivity index (χ2n) is 10.5. The number of urea groups is 1. The van der Waals surface area contributed by atoms with Gasteiger partial charge in [0.2, 0.25) is 17.4 Å². The zero-order chi connectivity index (χ0) is 26.4. The van der Waals surface area contributed by atoms with Crippen LogP contribution in [0.2, 0.25) is 0 Å². The molecule has 3 atom stereocenters. The van der Waals surface area contributed by atoms with E-state index in [0.717, 1.165) is 0 Å². The molecule has 0 bridgehead atoms. The minimum Gasteiger partial charge on any atom is -0.449 e. The molecule has 2 fully saturated rings. The summed E-state index contributed by atoms with van der Waals surface area (Å²) < 4.78 is 32.2. The number of ether oxygens (including phenoxy) is 2. The Labute approximate surface area is 204 Å². The molecule has 12 nitrogen and oxygen atoms in total. The van der Waals surface area contributed by atoms with Crippen molar-refractivity contribution in [2.75, 3.05) is 11.4 Å². The molecule has 36 heavy (non-hydrogen) atoms. The number of carbonyl (C=O) groups is 4. The van der Waals surface area contributed by atoms with Crippen molar-refractivity contribution < 1.29 is 42.7 Å². The molecule has 5 rings (SSSR count). The average Bonchev–Trinajstić information content (AvgIpc) is 3.12. The van der Waals surface area contributed by atoms with E-state index in [-0.39, 0.29) is 35.2 Å². The Bertz CT molecular complexity index is 1330. The number of imide groups is 2. The van der Waals surface area contributed by atoms with Crippen LogP contribution in [0.4, 0.5) is 19.7 Å². The van der Waals surface area contributed by atoms with Crippen LogP contribution in [0.1, 0.15) is 40.2 Å². The van der Waals surface area contributed by atoms with Crippen LogP contribution in [0.3, 0.4) is 0 Å². The molecule has 3 aliphatic heterocycles. The Kier molecular flexibility index (Phi) is 4.92. The van der Waals surface area contributed by atoms with Gasteiger partial charge in [0.05, 0.1) is 28.8 Å². The number of halogens is 1. The van der Waals surface area contributed by atoms with Gasteiger partial charge in [-0.3, -0.25) is 20.2 Å². The van der Waals surface area contributed by atoms with Crippen LogP contribution in [0.25, 0.3) is 11.0 Å². The third kappa shape index (κ3) is 2.80. The molecule has 2 saturated heterocycles. The summed E-state index contributed by atoms with van der Waals surface area (Å²) in [4.78, 5) is 52.3. The third-order valence-electron chi connectivity index (χ3n) is 7.55. The number of amides is 4. The van der Waals surface area contributed by atoms with Crippen molar-refractivity contribution in [3.05, 3.63) is 17.4 Å². The van der Waals surface area contributed by atoms with Crippen LogP contribution in [-0.2, 0) is 20.7 Å². The maximum Gasteiger partial charge on any atom is 0.512 e. The summed E-state index contributed by atoms with van der Waals surface area (Å²) in [5.74, 6) is -2.98. The van der Waals surface area contributed by atoms with Gasteiger partial charge >= 0.3 is 12.2 Å². The second kappa shape index (κ2) is 7.38. The lowest BCUT2D eigenvalue weighted by Gasteiger charge is -2.68. The van der Waals surface area contributed by atoms with Gasteiger partial charge in [-0.1, -0.05) is 20.8 Å². The van der Waals surface area contributed by atoms with Gasteiger partial charge in [-0.25, -0.2) is 14.0 Å². The summed E-state index contributed by atoms with van der Waals surface area (Å²) in [7, 11) is 0. The molecule has 1 aromatic heterocycles. The molecule has 1 aromatic carbocycles. The molecule has 1 spiro atoms. The van der Waals surface area contributed by atoms with Gasteiger partial charge < -0.3 is 24.0 Å².